The van der Waals surface area contributed by atoms with E-state index >= 15 is 0 Å². The molecule has 0 aromatic heterocycles. The maximum Gasteiger partial charge on any atom is 0.133 e. The van der Waals surface area contributed by atoms with Gasteiger partial charge in [-0.05, 0) is 12.8 Å². The Balaban J connectivity index is 2.62. The van der Waals surface area contributed by atoms with Crippen LogP contribution in [0.1, 0.15) is 25.7 Å². The zero-order chi connectivity index (χ0) is 8.48. The SMILES string of the molecule is C[Si](C)(C)C1CCCCC1=O. The predicted octanol–water partition coefficient (Wildman–Crippen LogP) is 2.84. The molecule has 1 fully saturated rings. The third-order valence-electron chi connectivity index (χ3n) is 2.60. The Hall–Kier alpha value is -0.113. The van der Waals surface area contributed by atoms with Crippen LogP contribution in [0.4, 0.5) is 0 Å². The molecule has 0 spiro atoms. The van der Waals surface area contributed by atoms with Gasteiger partial charge in [0.1, 0.15) is 5.78 Å². The summed E-state index contributed by atoms with van der Waals surface area (Å²) in [5, 5.41) is 0. The number of ketones is 1. The minimum atomic E-state index is -1.17. The molecule has 64 valence electrons. The van der Waals surface area contributed by atoms with E-state index in [-0.39, 0.29) is 0 Å². The van der Waals surface area contributed by atoms with Crippen LogP contribution in [0.25, 0.3) is 0 Å². The Kier molecular flexibility index (Phi) is 2.53. The average Bonchev–Trinajstić information content (AvgIpc) is 1.86. The molecule has 0 aromatic rings. The van der Waals surface area contributed by atoms with Crippen LogP contribution < -0.4 is 0 Å². The van der Waals surface area contributed by atoms with Gasteiger partial charge in [0.25, 0.3) is 0 Å². The van der Waals surface area contributed by atoms with Crippen molar-refractivity contribution in [2.75, 3.05) is 0 Å². The molecule has 1 rings (SSSR count). The van der Waals surface area contributed by atoms with Gasteiger partial charge in [0, 0.05) is 12.0 Å². The molecular formula is C9H18OSi. The molecule has 1 unspecified atom stereocenters. The summed E-state index contributed by atoms with van der Waals surface area (Å²) in [4.78, 5) is 11.5. The molecule has 1 nitrogen and oxygen atoms in total. The van der Waals surface area contributed by atoms with Crippen molar-refractivity contribution in [3.8, 4) is 0 Å². The largest absolute Gasteiger partial charge is 0.300 e. The van der Waals surface area contributed by atoms with Crippen LogP contribution in [0.2, 0.25) is 25.2 Å². The molecular weight excluding hydrogens is 152 g/mol. The maximum absolute atomic E-state index is 11.5. The first-order valence-electron chi connectivity index (χ1n) is 4.54. The summed E-state index contributed by atoms with van der Waals surface area (Å²) in [7, 11) is -1.17. The molecule has 1 atom stereocenters. The van der Waals surface area contributed by atoms with Gasteiger partial charge in [-0.15, -0.1) is 0 Å². The van der Waals surface area contributed by atoms with Crippen molar-refractivity contribution in [2.24, 2.45) is 0 Å². The molecule has 2 heteroatoms. The fraction of sp³-hybridized carbons (Fsp3) is 0.889. The smallest absolute Gasteiger partial charge is 0.133 e. The lowest BCUT2D eigenvalue weighted by molar-refractivity contribution is -0.120. The van der Waals surface area contributed by atoms with Crippen molar-refractivity contribution in [3.63, 3.8) is 0 Å². The monoisotopic (exact) mass is 170 g/mol. The molecule has 0 radical (unpaired) electrons. The zero-order valence-electron chi connectivity index (χ0n) is 7.81. The van der Waals surface area contributed by atoms with Crippen molar-refractivity contribution < 1.29 is 4.79 Å². The van der Waals surface area contributed by atoms with E-state index in [9.17, 15) is 4.79 Å². The highest BCUT2D eigenvalue weighted by molar-refractivity contribution is 6.80. The van der Waals surface area contributed by atoms with Gasteiger partial charge in [0.05, 0.1) is 8.07 Å². The van der Waals surface area contributed by atoms with Crippen LogP contribution >= 0.6 is 0 Å². The summed E-state index contributed by atoms with van der Waals surface area (Å²) in [5.41, 5.74) is 0.469. The second kappa shape index (κ2) is 3.09. The van der Waals surface area contributed by atoms with E-state index in [1.165, 1.54) is 12.8 Å². The van der Waals surface area contributed by atoms with Crippen LogP contribution in [-0.2, 0) is 4.79 Å². The summed E-state index contributed by atoms with van der Waals surface area (Å²) < 4.78 is 0. The summed E-state index contributed by atoms with van der Waals surface area (Å²) in [6.07, 6.45) is 4.45. The Morgan fingerprint density at radius 3 is 2.27 bits per heavy atom. The van der Waals surface area contributed by atoms with E-state index in [2.05, 4.69) is 19.6 Å². The van der Waals surface area contributed by atoms with Crippen LogP contribution in [0, 0.1) is 0 Å². The van der Waals surface area contributed by atoms with E-state index < -0.39 is 8.07 Å². The third kappa shape index (κ3) is 2.16. The predicted molar refractivity (Wildman–Crippen MR) is 50.6 cm³/mol. The molecule has 0 bridgehead atoms. The first-order valence-corrected chi connectivity index (χ1v) is 8.12. The summed E-state index contributed by atoms with van der Waals surface area (Å²) in [5.74, 6) is 0.551. The van der Waals surface area contributed by atoms with Gasteiger partial charge < -0.3 is 0 Å². The Bertz CT molecular complexity index is 157. The molecule has 1 saturated carbocycles. The molecule has 11 heavy (non-hydrogen) atoms. The number of hydrogen-bond acceptors (Lipinski definition) is 1. The average molecular weight is 170 g/mol. The lowest BCUT2D eigenvalue weighted by Crippen LogP contribution is -2.35. The highest BCUT2D eigenvalue weighted by Gasteiger charge is 2.33. The fourth-order valence-corrected chi connectivity index (χ4v) is 4.08. The lowest BCUT2D eigenvalue weighted by atomic mass is 9.99. The minimum absolute atomic E-state index is 0.469. The quantitative estimate of drug-likeness (QED) is 0.553. The van der Waals surface area contributed by atoms with E-state index in [1.54, 1.807) is 0 Å². The highest BCUT2D eigenvalue weighted by atomic mass is 28.3. The first kappa shape index (κ1) is 8.98. The Morgan fingerprint density at radius 2 is 1.91 bits per heavy atom. The Morgan fingerprint density at radius 1 is 1.27 bits per heavy atom. The van der Waals surface area contributed by atoms with Gasteiger partial charge in [0.2, 0.25) is 0 Å². The fourth-order valence-electron chi connectivity index (χ4n) is 1.90. The van der Waals surface area contributed by atoms with Crippen LogP contribution in [-0.4, -0.2) is 13.9 Å². The van der Waals surface area contributed by atoms with Crippen LogP contribution in [0.15, 0.2) is 0 Å². The van der Waals surface area contributed by atoms with Gasteiger partial charge in [0.15, 0.2) is 0 Å². The van der Waals surface area contributed by atoms with Gasteiger partial charge in [-0.3, -0.25) is 4.79 Å². The normalized spacial score (nSPS) is 27.2. The number of rotatable bonds is 1. The molecule has 0 amide bonds. The topological polar surface area (TPSA) is 17.1 Å². The summed E-state index contributed by atoms with van der Waals surface area (Å²) in [6.45, 7) is 6.92. The number of Topliss-reactive ketones (excluding diaryl/α,β-unsaturated/α-hetero) is 1. The number of carbonyl (C=O) groups is 1. The van der Waals surface area contributed by atoms with Crippen molar-refractivity contribution in [3.05, 3.63) is 0 Å². The molecule has 0 aromatic carbocycles. The minimum Gasteiger partial charge on any atom is -0.300 e. The molecule has 1 aliphatic rings. The van der Waals surface area contributed by atoms with Gasteiger partial charge in [-0.25, -0.2) is 0 Å². The van der Waals surface area contributed by atoms with E-state index in [1.807, 2.05) is 0 Å². The van der Waals surface area contributed by atoms with Crippen molar-refractivity contribution in [1.82, 2.24) is 0 Å². The van der Waals surface area contributed by atoms with Crippen LogP contribution in [0.3, 0.4) is 0 Å². The third-order valence-corrected chi connectivity index (χ3v) is 5.30. The molecule has 0 saturated heterocycles. The summed E-state index contributed by atoms with van der Waals surface area (Å²) in [6, 6.07) is 0. The van der Waals surface area contributed by atoms with E-state index in [4.69, 9.17) is 0 Å². The summed E-state index contributed by atoms with van der Waals surface area (Å²) >= 11 is 0. The second-order valence-corrected chi connectivity index (χ2v) is 10.1. The van der Waals surface area contributed by atoms with Crippen molar-refractivity contribution >= 4 is 13.9 Å². The van der Waals surface area contributed by atoms with Crippen molar-refractivity contribution in [1.29, 1.82) is 0 Å². The molecule has 1 aliphatic carbocycles. The van der Waals surface area contributed by atoms with Gasteiger partial charge >= 0.3 is 0 Å². The van der Waals surface area contributed by atoms with E-state index in [0.717, 1.165) is 12.8 Å². The molecule has 0 aliphatic heterocycles. The molecule has 0 N–H and O–H groups in total. The van der Waals surface area contributed by atoms with E-state index in [0.29, 0.717) is 11.3 Å². The van der Waals surface area contributed by atoms with Gasteiger partial charge in [-0.2, -0.15) is 0 Å². The number of hydrogen-bond donors (Lipinski definition) is 0. The van der Waals surface area contributed by atoms with Crippen LogP contribution in [0.5, 0.6) is 0 Å². The number of carbonyl (C=O) groups excluding carboxylic acids is 1. The highest BCUT2D eigenvalue weighted by Crippen LogP contribution is 2.33. The van der Waals surface area contributed by atoms with Crippen molar-refractivity contribution in [2.45, 2.75) is 50.9 Å². The Labute approximate surface area is 70.2 Å². The first-order chi connectivity index (χ1) is 5.02. The lowest BCUT2D eigenvalue weighted by Gasteiger charge is -2.30. The second-order valence-electron chi connectivity index (χ2n) is 4.63. The zero-order valence-corrected chi connectivity index (χ0v) is 8.81. The standard InChI is InChI=1S/C9H18OSi/c1-11(2,3)9-7-5-4-6-8(9)10/h9H,4-7H2,1-3H3. The van der Waals surface area contributed by atoms with Gasteiger partial charge in [-0.1, -0.05) is 26.1 Å². The maximum atomic E-state index is 11.5. The molecule has 0 heterocycles.